The van der Waals surface area contributed by atoms with Crippen LogP contribution in [0, 0.1) is 12.7 Å². The second-order valence-electron chi connectivity index (χ2n) is 15.0. The zero-order valence-electron chi connectivity index (χ0n) is 33.5. The molecule has 5 atom stereocenters. The Morgan fingerprint density at radius 2 is 1.22 bits per heavy atom. The molecule has 6 aromatic rings. The first kappa shape index (κ1) is 42.4. The average Bonchev–Trinajstić information content (AvgIpc) is 3.55. The Morgan fingerprint density at radius 1 is 0.712 bits per heavy atom. The fourth-order valence-corrected chi connectivity index (χ4v) is 7.45. The third-order valence-electron chi connectivity index (χ3n) is 10.2. The van der Waals surface area contributed by atoms with Crippen molar-refractivity contribution in [2.45, 2.75) is 90.1 Å². The average molecular weight is 866 g/mol. The zero-order chi connectivity index (χ0) is 41.2. The molecule has 0 spiro atoms. The largest absolute Gasteiger partial charge is 0.417 e. The van der Waals surface area contributed by atoms with E-state index in [1.165, 1.54) is 6.07 Å². The maximum absolute atomic E-state index is 14.8. The first-order valence-electron chi connectivity index (χ1n) is 19.9. The van der Waals surface area contributed by atoms with E-state index in [9.17, 15) is 9.50 Å². The Morgan fingerprint density at radius 3 is 1.75 bits per heavy atom. The molecule has 1 aliphatic rings. The normalized spacial score (nSPS) is 20.5. The Labute approximate surface area is 353 Å². The maximum atomic E-state index is 14.8. The van der Waals surface area contributed by atoms with Gasteiger partial charge in [0.05, 0.1) is 37.5 Å². The number of benzene rings is 5. The molecule has 11 heteroatoms. The summed E-state index contributed by atoms with van der Waals surface area (Å²) in [5.74, 6) is -2.75. The fourth-order valence-electron chi connectivity index (χ4n) is 7.21. The summed E-state index contributed by atoms with van der Waals surface area (Å²) in [6, 6.07) is 44.0. The molecule has 0 amide bonds. The predicted octanol–water partition coefficient (Wildman–Crippen LogP) is 9.66. The highest BCUT2D eigenvalue weighted by atomic mass is 79.9. The minimum absolute atomic E-state index is 0.0150. The van der Waals surface area contributed by atoms with Gasteiger partial charge in [-0.1, -0.05) is 127 Å². The minimum atomic E-state index is -2.48. The zero-order valence-corrected chi connectivity index (χ0v) is 35.0. The van der Waals surface area contributed by atoms with Gasteiger partial charge < -0.3 is 33.5 Å². The van der Waals surface area contributed by atoms with Crippen molar-refractivity contribution in [3.8, 4) is 5.88 Å². The van der Waals surface area contributed by atoms with E-state index in [4.69, 9.17) is 33.5 Å². The van der Waals surface area contributed by atoms with Gasteiger partial charge in [-0.25, -0.2) is 4.39 Å². The molecule has 5 aromatic carbocycles. The minimum Gasteiger partial charge on any atom is -0.417 e. The lowest BCUT2D eigenvalue weighted by Crippen LogP contribution is -2.69. The van der Waals surface area contributed by atoms with E-state index in [0.29, 0.717) is 22.2 Å². The highest BCUT2D eigenvalue weighted by Gasteiger charge is 2.59. The van der Waals surface area contributed by atoms with Gasteiger partial charge >= 0.3 is 5.97 Å². The molecule has 0 unspecified atom stereocenters. The molecule has 7 rings (SSSR count). The quantitative estimate of drug-likeness (QED) is 0.0855. The van der Waals surface area contributed by atoms with E-state index in [-0.39, 0.29) is 50.6 Å². The molecule has 0 radical (unpaired) electrons. The second kappa shape index (κ2) is 20.0. The van der Waals surface area contributed by atoms with Crippen molar-refractivity contribution in [2.24, 2.45) is 0 Å². The molecule has 1 saturated heterocycles. The molecule has 0 saturated carbocycles. The van der Waals surface area contributed by atoms with Gasteiger partial charge in [-0.2, -0.15) is 0 Å². The Bertz CT molecular complexity index is 2210. The summed E-state index contributed by atoms with van der Waals surface area (Å²) in [6.07, 6.45) is -3.69. The number of aliphatic hydroxyl groups is 1. The van der Waals surface area contributed by atoms with Gasteiger partial charge in [0.1, 0.15) is 24.1 Å². The number of rotatable bonds is 18. The molecule has 0 aliphatic carbocycles. The number of hydrogen-bond donors (Lipinski definition) is 1. The van der Waals surface area contributed by atoms with Gasteiger partial charge in [0, 0.05) is 23.7 Å². The third-order valence-corrected chi connectivity index (χ3v) is 10.9. The van der Waals surface area contributed by atoms with E-state index in [0.717, 1.165) is 27.9 Å². The monoisotopic (exact) mass is 864 g/mol. The SMILES string of the molecule is Cc1c(Cc2ccc(Br)c(F)c2)c(O[C@@]2(O)O[C@H](COCc3ccccc3)[C@@H](OCc3ccccc3)[C@H](OCc3ccccc3)[C@H]2OCc2ccccc2)nn1C(C)C. The van der Waals surface area contributed by atoms with E-state index in [1.807, 2.05) is 153 Å². The maximum Gasteiger partial charge on any atom is 0.356 e. The van der Waals surface area contributed by atoms with Crippen molar-refractivity contribution in [3.63, 3.8) is 0 Å². The van der Waals surface area contributed by atoms with Crippen LogP contribution in [0.5, 0.6) is 5.88 Å². The number of nitrogens with zero attached hydrogens (tertiary/aromatic N) is 2. The molecule has 1 fully saturated rings. The molecule has 308 valence electrons. The van der Waals surface area contributed by atoms with Crippen molar-refractivity contribution in [1.82, 2.24) is 9.78 Å². The van der Waals surface area contributed by atoms with Crippen LogP contribution in [0.25, 0.3) is 0 Å². The molecule has 1 aromatic heterocycles. The summed E-state index contributed by atoms with van der Waals surface area (Å²) in [5, 5.41) is 17.9. The lowest BCUT2D eigenvalue weighted by Gasteiger charge is -2.49. The molecule has 2 heterocycles. The summed E-state index contributed by atoms with van der Waals surface area (Å²) in [7, 11) is 0. The second-order valence-corrected chi connectivity index (χ2v) is 15.8. The smallest absolute Gasteiger partial charge is 0.356 e. The molecule has 59 heavy (non-hydrogen) atoms. The van der Waals surface area contributed by atoms with Crippen LogP contribution in [-0.2, 0) is 56.5 Å². The Kier molecular flexibility index (Phi) is 14.4. The van der Waals surface area contributed by atoms with Crippen LogP contribution in [0.15, 0.2) is 144 Å². The van der Waals surface area contributed by atoms with Crippen LogP contribution < -0.4 is 4.74 Å². The van der Waals surface area contributed by atoms with Gasteiger partial charge in [-0.05, 0) is 76.7 Å². The van der Waals surface area contributed by atoms with Crippen molar-refractivity contribution in [2.75, 3.05) is 6.61 Å². The van der Waals surface area contributed by atoms with Crippen LogP contribution in [0.4, 0.5) is 4.39 Å². The first-order valence-corrected chi connectivity index (χ1v) is 20.7. The number of aromatic nitrogens is 2. The lowest BCUT2D eigenvalue weighted by atomic mass is 9.96. The van der Waals surface area contributed by atoms with Gasteiger partial charge in [0.25, 0.3) is 0 Å². The van der Waals surface area contributed by atoms with Crippen LogP contribution in [-0.4, -0.2) is 51.9 Å². The lowest BCUT2D eigenvalue weighted by molar-refractivity contribution is -0.436. The highest BCUT2D eigenvalue weighted by Crippen LogP contribution is 2.39. The summed E-state index contributed by atoms with van der Waals surface area (Å²) in [6.45, 7) is 6.75. The van der Waals surface area contributed by atoms with Crippen molar-refractivity contribution in [3.05, 3.63) is 189 Å². The Balaban J connectivity index is 1.30. The summed E-state index contributed by atoms with van der Waals surface area (Å²) < 4.78 is 57.0. The molecule has 1 N–H and O–H groups in total. The van der Waals surface area contributed by atoms with Crippen LogP contribution in [0.2, 0.25) is 0 Å². The van der Waals surface area contributed by atoms with E-state index >= 15 is 0 Å². The first-order chi connectivity index (χ1) is 28.7. The third kappa shape index (κ3) is 10.9. The molecule has 9 nitrogen and oxygen atoms in total. The molecule has 1 aliphatic heterocycles. The van der Waals surface area contributed by atoms with Gasteiger partial charge in [-0.3, -0.25) is 4.68 Å². The summed E-state index contributed by atoms with van der Waals surface area (Å²) in [4.78, 5) is 0. The fraction of sp³-hybridized carbons (Fsp3) is 0.312. The van der Waals surface area contributed by atoms with Gasteiger partial charge in [0.2, 0.25) is 5.88 Å². The van der Waals surface area contributed by atoms with Gasteiger partial charge in [-0.15, -0.1) is 5.10 Å². The molecular weight excluding hydrogens is 815 g/mol. The number of hydrogen-bond acceptors (Lipinski definition) is 8. The predicted molar refractivity (Wildman–Crippen MR) is 226 cm³/mol. The topological polar surface area (TPSA) is 93.4 Å². The number of ether oxygens (including phenoxy) is 6. The van der Waals surface area contributed by atoms with Crippen LogP contribution in [0.1, 0.15) is 59.0 Å². The standard InChI is InChI=1S/C48H50BrFN2O7/c1-33(2)52-34(3)40(26-39-24-25-41(49)42(50)27-39)47(51-52)59-48(53)46(57-31-38-22-14-7-15-23-38)45(56-30-37-20-12-6-13-21-37)44(55-29-36-18-10-5-11-19-36)43(58-48)32-54-28-35-16-8-4-9-17-35/h4-25,27,33,43-46,53H,26,28-32H2,1-3H3/t43-,44-,45+,46-,48+/m1/s1. The Hall–Kier alpha value is -4.72. The van der Waals surface area contributed by atoms with Gasteiger partial charge in [0.15, 0.2) is 6.10 Å². The van der Waals surface area contributed by atoms with E-state index in [1.54, 1.807) is 6.07 Å². The highest BCUT2D eigenvalue weighted by molar-refractivity contribution is 9.10. The molecule has 0 bridgehead atoms. The molecular formula is C48H50BrFN2O7. The number of halogens is 2. The van der Waals surface area contributed by atoms with Crippen molar-refractivity contribution in [1.29, 1.82) is 0 Å². The summed E-state index contributed by atoms with van der Waals surface area (Å²) >= 11 is 3.26. The summed E-state index contributed by atoms with van der Waals surface area (Å²) in [5.41, 5.74) is 5.84. The van der Waals surface area contributed by atoms with Crippen molar-refractivity contribution < 1.29 is 37.9 Å². The van der Waals surface area contributed by atoms with Crippen LogP contribution >= 0.6 is 15.9 Å². The van der Waals surface area contributed by atoms with Crippen molar-refractivity contribution >= 4 is 15.9 Å². The van der Waals surface area contributed by atoms with Crippen LogP contribution in [0.3, 0.4) is 0 Å². The van der Waals surface area contributed by atoms with E-state index < -0.39 is 30.4 Å². The van der Waals surface area contributed by atoms with E-state index in [2.05, 4.69) is 15.9 Å².